The van der Waals surface area contributed by atoms with Gasteiger partial charge in [0.05, 0.1) is 11.6 Å². The van der Waals surface area contributed by atoms with Gasteiger partial charge in [0.1, 0.15) is 0 Å². The van der Waals surface area contributed by atoms with Gasteiger partial charge in [-0.05, 0) is 0 Å². The van der Waals surface area contributed by atoms with E-state index < -0.39 is 0 Å². The number of rotatable bonds is 1. The first-order chi connectivity index (χ1) is 4.24. The van der Waals surface area contributed by atoms with E-state index in [-0.39, 0.29) is 5.56 Å². The van der Waals surface area contributed by atoms with Crippen molar-refractivity contribution in [3.05, 3.63) is 22.1 Å². The second-order valence-corrected chi connectivity index (χ2v) is 2.08. The quantitative estimate of drug-likeness (QED) is 0.574. The van der Waals surface area contributed by atoms with Crippen LogP contribution in [-0.4, -0.2) is 9.78 Å². The lowest BCUT2D eigenvalue weighted by atomic mass is 10.5. The monoisotopic (exact) mass is 146 g/mol. The van der Waals surface area contributed by atoms with E-state index in [4.69, 9.17) is 11.6 Å². The van der Waals surface area contributed by atoms with Gasteiger partial charge < -0.3 is 0 Å². The summed E-state index contributed by atoms with van der Waals surface area (Å²) < 4.78 is 1.39. The summed E-state index contributed by atoms with van der Waals surface area (Å²) in [6, 6.07) is 1.48. The highest BCUT2D eigenvalue weighted by atomic mass is 35.5. The minimum atomic E-state index is -0.0503. The van der Waals surface area contributed by atoms with Crippen LogP contribution < -0.4 is 5.56 Å². The van der Waals surface area contributed by atoms with Crippen LogP contribution >= 0.6 is 11.6 Å². The van der Waals surface area contributed by atoms with E-state index in [1.54, 1.807) is 7.05 Å². The Balaban J connectivity index is 3.13. The predicted molar refractivity (Wildman–Crippen MR) is 35.6 cm³/mol. The maximum Gasteiger partial charge on any atom is 0.266 e. The lowest BCUT2D eigenvalue weighted by molar-refractivity contribution is 0.729. The van der Waals surface area contributed by atoms with E-state index >= 15 is 0 Å². The molecule has 0 aliphatic heterocycles. The molecule has 0 aliphatic carbocycles. The number of alkyl halides is 1. The lowest BCUT2D eigenvalue weighted by Gasteiger charge is -1.85. The molecule has 0 aliphatic rings. The molecular weight excluding hydrogens is 140 g/mol. The SMILES string of the molecule is Cn1[nH]c(CCl)cc1=O. The number of nitrogens with zero attached hydrogens (tertiary/aromatic N) is 1. The molecule has 3 nitrogen and oxygen atoms in total. The maximum absolute atomic E-state index is 10.7. The molecule has 1 rings (SSSR count). The molecule has 0 amide bonds. The van der Waals surface area contributed by atoms with Crippen molar-refractivity contribution in [2.75, 3.05) is 0 Å². The number of H-pyrrole nitrogens is 1. The minimum absolute atomic E-state index is 0.0503. The van der Waals surface area contributed by atoms with Crippen molar-refractivity contribution in [1.29, 1.82) is 0 Å². The Morgan fingerprint density at radius 3 is 2.78 bits per heavy atom. The topological polar surface area (TPSA) is 37.8 Å². The van der Waals surface area contributed by atoms with Crippen LogP contribution in [0.4, 0.5) is 0 Å². The van der Waals surface area contributed by atoms with Gasteiger partial charge in [0.25, 0.3) is 5.56 Å². The molecule has 0 fully saturated rings. The zero-order chi connectivity index (χ0) is 6.85. The zero-order valence-corrected chi connectivity index (χ0v) is 5.77. The molecule has 0 atom stereocenters. The summed E-state index contributed by atoms with van der Waals surface area (Å²) in [4.78, 5) is 10.7. The summed E-state index contributed by atoms with van der Waals surface area (Å²) in [5.41, 5.74) is 0.704. The molecule has 0 aromatic carbocycles. The Hall–Kier alpha value is -0.700. The summed E-state index contributed by atoms with van der Waals surface area (Å²) in [7, 11) is 1.65. The highest BCUT2D eigenvalue weighted by molar-refractivity contribution is 6.16. The second-order valence-electron chi connectivity index (χ2n) is 1.81. The number of hydrogen-bond donors (Lipinski definition) is 1. The van der Waals surface area contributed by atoms with Crippen LogP contribution in [0, 0.1) is 0 Å². The molecule has 4 heteroatoms. The fourth-order valence-corrected chi connectivity index (χ4v) is 0.754. The minimum Gasteiger partial charge on any atom is -0.299 e. The Morgan fingerprint density at radius 1 is 1.89 bits per heavy atom. The highest BCUT2D eigenvalue weighted by Crippen LogP contribution is 1.92. The van der Waals surface area contributed by atoms with Crippen LogP contribution in [0.1, 0.15) is 5.69 Å². The number of hydrogen-bond acceptors (Lipinski definition) is 1. The van der Waals surface area contributed by atoms with Gasteiger partial charge >= 0.3 is 0 Å². The van der Waals surface area contributed by atoms with Gasteiger partial charge in [-0.3, -0.25) is 14.6 Å². The Bertz CT molecular complexity index is 250. The van der Waals surface area contributed by atoms with Gasteiger partial charge in [0.2, 0.25) is 0 Å². The van der Waals surface area contributed by atoms with Crippen molar-refractivity contribution in [3.8, 4) is 0 Å². The number of aromatic amines is 1. The van der Waals surface area contributed by atoms with Gasteiger partial charge in [-0.15, -0.1) is 11.6 Å². The van der Waals surface area contributed by atoms with Gasteiger partial charge in [-0.1, -0.05) is 0 Å². The van der Waals surface area contributed by atoms with Crippen LogP contribution in [0.3, 0.4) is 0 Å². The lowest BCUT2D eigenvalue weighted by Crippen LogP contribution is -2.09. The number of nitrogens with one attached hydrogen (secondary N) is 1. The van der Waals surface area contributed by atoms with Crippen LogP contribution in [0.5, 0.6) is 0 Å². The van der Waals surface area contributed by atoms with Crippen molar-refractivity contribution < 1.29 is 0 Å². The van der Waals surface area contributed by atoms with Gasteiger partial charge in [0.15, 0.2) is 0 Å². The molecule has 0 bridgehead atoms. The molecule has 0 spiro atoms. The third kappa shape index (κ3) is 1.16. The van der Waals surface area contributed by atoms with Gasteiger partial charge in [0, 0.05) is 13.1 Å². The first-order valence-corrected chi connectivity index (χ1v) is 3.08. The predicted octanol–water partition coefficient (Wildman–Crippen LogP) is 0.452. The van der Waals surface area contributed by atoms with Crippen molar-refractivity contribution in [2.45, 2.75) is 5.88 Å². The van der Waals surface area contributed by atoms with E-state index in [0.29, 0.717) is 5.88 Å². The van der Waals surface area contributed by atoms with E-state index in [1.807, 2.05) is 0 Å². The standard InChI is InChI=1S/C5H7ClN2O/c1-8-5(9)2-4(3-6)7-8/h2,7H,3H2,1H3. The zero-order valence-electron chi connectivity index (χ0n) is 5.02. The Morgan fingerprint density at radius 2 is 2.56 bits per heavy atom. The number of halogens is 1. The summed E-state index contributed by atoms with van der Waals surface area (Å²) in [6.45, 7) is 0. The summed E-state index contributed by atoms with van der Waals surface area (Å²) in [5, 5.41) is 2.77. The molecule has 0 radical (unpaired) electrons. The van der Waals surface area contributed by atoms with Crippen LogP contribution in [0.15, 0.2) is 10.9 Å². The van der Waals surface area contributed by atoms with Crippen molar-refractivity contribution in [3.63, 3.8) is 0 Å². The third-order valence-electron chi connectivity index (χ3n) is 1.08. The first kappa shape index (κ1) is 6.42. The molecule has 0 saturated carbocycles. The van der Waals surface area contributed by atoms with E-state index in [2.05, 4.69) is 5.10 Å². The Kier molecular flexibility index (Phi) is 1.62. The molecule has 1 heterocycles. The molecule has 9 heavy (non-hydrogen) atoms. The van der Waals surface area contributed by atoms with E-state index in [1.165, 1.54) is 10.7 Å². The second kappa shape index (κ2) is 2.27. The van der Waals surface area contributed by atoms with Gasteiger partial charge in [-0.25, -0.2) is 0 Å². The molecule has 0 saturated heterocycles. The molecule has 0 unspecified atom stereocenters. The third-order valence-corrected chi connectivity index (χ3v) is 1.37. The molecular formula is C5H7ClN2O. The van der Waals surface area contributed by atoms with Crippen molar-refractivity contribution >= 4 is 11.6 Å². The average molecular weight is 147 g/mol. The molecule has 50 valence electrons. The summed E-state index contributed by atoms with van der Waals surface area (Å²) >= 11 is 5.43. The van der Waals surface area contributed by atoms with Crippen molar-refractivity contribution in [1.82, 2.24) is 9.78 Å². The fourth-order valence-electron chi connectivity index (χ4n) is 0.617. The van der Waals surface area contributed by atoms with E-state index in [0.717, 1.165) is 5.69 Å². The molecule has 1 N–H and O–H groups in total. The Labute approximate surface area is 57.2 Å². The fraction of sp³-hybridized carbons (Fsp3) is 0.400. The maximum atomic E-state index is 10.7. The largest absolute Gasteiger partial charge is 0.299 e. The van der Waals surface area contributed by atoms with Crippen LogP contribution in [0.25, 0.3) is 0 Å². The van der Waals surface area contributed by atoms with Crippen LogP contribution in [0.2, 0.25) is 0 Å². The summed E-state index contributed by atoms with van der Waals surface area (Å²) in [6.07, 6.45) is 0. The average Bonchev–Trinajstić information content (AvgIpc) is 2.13. The van der Waals surface area contributed by atoms with E-state index in [9.17, 15) is 4.79 Å². The smallest absolute Gasteiger partial charge is 0.266 e. The number of aryl methyl sites for hydroxylation is 1. The molecule has 1 aromatic rings. The normalized spacial score (nSPS) is 10.0. The summed E-state index contributed by atoms with van der Waals surface area (Å²) in [5.74, 6) is 0.357. The number of aromatic nitrogens is 2. The van der Waals surface area contributed by atoms with Crippen LogP contribution in [-0.2, 0) is 12.9 Å². The van der Waals surface area contributed by atoms with Gasteiger partial charge in [-0.2, -0.15) is 0 Å². The first-order valence-electron chi connectivity index (χ1n) is 2.55. The highest BCUT2D eigenvalue weighted by Gasteiger charge is 1.94. The molecule has 1 aromatic heterocycles. The van der Waals surface area contributed by atoms with Crippen molar-refractivity contribution in [2.24, 2.45) is 7.05 Å².